The number of aromatic nitrogens is 2. The topological polar surface area (TPSA) is 55.3 Å². The summed E-state index contributed by atoms with van der Waals surface area (Å²) in [6, 6.07) is 49.3. The molecule has 5 aromatic heterocycles. The van der Waals surface area contributed by atoms with Gasteiger partial charge in [-0.3, -0.25) is 9.97 Å². The molecular formula is C46H27N3O2S. The lowest BCUT2D eigenvalue weighted by molar-refractivity contribution is 0.668. The Kier molecular flexibility index (Phi) is 6.35. The summed E-state index contributed by atoms with van der Waals surface area (Å²) >= 11 is 1.83. The number of para-hydroxylation sites is 2. The van der Waals surface area contributed by atoms with Crippen molar-refractivity contribution in [3.63, 3.8) is 0 Å². The van der Waals surface area contributed by atoms with Crippen LogP contribution in [0, 0.1) is 0 Å². The molecule has 0 atom stereocenters. The fourth-order valence-electron chi connectivity index (χ4n) is 7.61. The Labute approximate surface area is 301 Å². The van der Waals surface area contributed by atoms with Crippen LogP contribution in [0.25, 0.3) is 86.3 Å². The maximum atomic E-state index is 6.35. The Hall–Kier alpha value is -6.76. The molecule has 0 aliphatic heterocycles. The Balaban J connectivity index is 1.03. The van der Waals surface area contributed by atoms with Crippen LogP contribution >= 0.6 is 11.3 Å². The van der Waals surface area contributed by atoms with Crippen molar-refractivity contribution in [1.82, 2.24) is 9.97 Å². The highest BCUT2D eigenvalue weighted by Gasteiger charge is 2.18. The average molecular weight is 686 g/mol. The number of pyridine rings is 2. The molecule has 6 heteroatoms. The second kappa shape index (κ2) is 11.4. The van der Waals surface area contributed by atoms with Crippen molar-refractivity contribution in [2.75, 3.05) is 4.90 Å². The first-order valence-corrected chi connectivity index (χ1v) is 18.0. The fourth-order valence-corrected chi connectivity index (χ4v) is 8.74. The van der Waals surface area contributed by atoms with E-state index in [2.05, 4.69) is 130 Å². The van der Waals surface area contributed by atoms with Crippen molar-refractivity contribution in [3.8, 4) is 22.3 Å². The number of nitrogens with zero attached hydrogens (tertiary/aromatic N) is 3. The number of furan rings is 2. The number of thiophene rings is 1. The minimum absolute atomic E-state index is 0.792. The van der Waals surface area contributed by atoms with Crippen molar-refractivity contribution >= 4 is 92.4 Å². The zero-order valence-electron chi connectivity index (χ0n) is 27.7. The zero-order valence-corrected chi connectivity index (χ0v) is 28.5. The highest BCUT2D eigenvalue weighted by atomic mass is 32.1. The van der Waals surface area contributed by atoms with Crippen molar-refractivity contribution in [2.24, 2.45) is 0 Å². The lowest BCUT2D eigenvalue weighted by Crippen LogP contribution is -2.09. The second-order valence-corrected chi connectivity index (χ2v) is 14.1. The molecule has 52 heavy (non-hydrogen) atoms. The van der Waals surface area contributed by atoms with Crippen LogP contribution < -0.4 is 4.90 Å². The molecular weight excluding hydrogens is 659 g/mol. The Bertz CT molecular complexity index is 2980. The van der Waals surface area contributed by atoms with Gasteiger partial charge in [0.05, 0.1) is 6.20 Å². The predicted octanol–water partition coefficient (Wildman–Crippen LogP) is 13.4. The number of hydrogen-bond acceptors (Lipinski definition) is 6. The first-order chi connectivity index (χ1) is 25.8. The van der Waals surface area contributed by atoms with Gasteiger partial charge >= 0.3 is 0 Å². The van der Waals surface area contributed by atoms with Crippen molar-refractivity contribution in [1.29, 1.82) is 0 Å². The van der Waals surface area contributed by atoms with Crippen LogP contribution in [0.5, 0.6) is 0 Å². The Morgan fingerprint density at radius 2 is 1.08 bits per heavy atom. The molecule has 0 N–H and O–H groups in total. The van der Waals surface area contributed by atoms with Gasteiger partial charge in [0.15, 0.2) is 5.58 Å². The number of hydrogen-bond donors (Lipinski definition) is 0. The van der Waals surface area contributed by atoms with E-state index in [4.69, 9.17) is 8.83 Å². The molecule has 0 bridgehead atoms. The molecule has 0 saturated heterocycles. The minimum Gasteiger partial charge on any atom is -0.455 e. The van der Waals surface area contributed by atoms with Crippen LogP contribution in [0.2, 0.25) is 0 Å². The third-order valence-electron chi connectivity index (χ3n) is 10.1. The molecule has 5 nitrogen and oxygen atoms in total. The minimum atomic E-state index is 0.792. The molecule has 0 radical (unpaired) electrons. The van der Waals surface area contributed by atoms with Crippen molar-refractivity contribution in [2.45, 2.75) is 0 Å². The zero-order chi connectivity index (χ0) is 34.2. The molecule has 5 heterocycles. The number of benzene rings is 6. The van der Waals surface area contributed by atoms with Crippen LogP contribution in [0.4, 0.5) is 17.1 Å². The van der Waals surface area contributed by atoms with E-state index in [0.29, 0.717) is 0 Å². The van der Waals surface area contributed by atoms with Gasteiger partial charge in [0, 0.05) is 88.5 Å². The summed E-state index contributed by atoms with van der Waals surface area (Å²) in [5, 5.41) is 6.82. The SMILES string of the molecule is c1ccc2c(c1)oc1c(-c3ccc(N(c4ccc(-c5cccc6c5oc5cnccc56)cc4)c4ccc5c(c4)sc4ccccc45)cc3)cncc12. The van der Waals surface area contributed by atoms with Gasteiger partial charge in [-0.15, -0.1) is 11.3 Å². The van der Waals surface area contributed by atoms with Crippen LogP contribution in [0.3, 0.4) is 0 Å². The average Bonchev–Trinajstić information content (AvgIpc) is 3.90. The van der Waals surface area contributed by atoms with Gasteiger partial charge in [-0.2, -0.15) is 0 Å². The molecule has 11 aromatic rings. The van der Waals surface area contributed by atoms with Crippen LogP contribution in [-0.2, 0) is 0 Å². The number of rotatable bonds is 5. The lowest BCUT2D eigenvalue weighted by Gasteiger charge is -2.26. The molecule has 0 amide bonds. The van der Waals surface area contributed by atoms with Crippen LogP contribution in [-0.4, -0.2) is 9.97 Å². The van der Waals surface area contributed by atoms with Gasteiger partial charge in [0.25, 0.3) is 0 Å². The van der Waals surface area contributed by atoms with Gasteiger partial charge in [0.2, 0.25) is 0 Å². The maximum absolute atomic E-state index is 6.35. The van der Waals surface area contributed by atoms with E-state index in [9.17, 15) is 0 Å². The summed E-state index contributed by atoms with van der Waals surface area (Å²) in [5.41, 5.74) is 10.7. The van der Waals surface area contributed by atoms with E-state index in [1.807, 2.05) is 54.2 Å². The molecule has 6 aromatic carbocycles. The predicted molar refractivity (Wildman–Crippen MR) is 215 cm³/mol. The molecule has 0 saturated carbocycles. The maximum Gasteiger partial charge on any atom is 0.153 e. The normalized spacial score (nSPS) is 11.8. The number of anilines is 3. The van der Waals surface area contributed by atoms with E-state index >= 15 is 0 Å². The standard InChI is InChI=1S/C46H27N3O2S/c1-3-10-41-34(6-1)40-26-48-25-39(46(40)50-41)29-14-18-31(19-15-29)49(32-20-21-37-36-7-2-4-11-43(36)52-44(37)24-32)30-16-12-28(13-17-30)33-8-5-9-38-35-22-23-47-27-42(35)51-45(33)38/h1-27H. The summed E-state index contributed by atoms with van der Waals surface area (Å²) in [6.45, 7) is 0. The number of fused-ring (bicyclic) bond motifs is 9. The lowest BCUT2D eigenvalue weighted by atomic mass is 10.0. The van der Waals surface area contributed by atoms with Crippen molar-refractivity contribution < 1.29 is 8.83 Å². The molecule has 0 fully saturated rings. The second-order valence-electron chi connectivity index (χ2n) is 13.0. The molecule has 244 valence electrons. The summed E-state index contributed by atoms with van der Waals surface area (Å²) in [5.74, 6) is 0. The molecule has 0 spiro atoms. The summed E-state index contributed by atoms with van der Waals surface area (Å²) in [7, 11) is 0. The first-order valence-electron chi connectivity index (χ1n) is 17.2. The van der Waals surface area contributed by atoms with Gasteiger partial charge in [-0.05, 0) is 65.7 Å². The van der Waals surface area contributed by atoms with E-state index < -0.39 is 0 Å². The third-order valence-corrected chi connectivity index (χ3v) is 11.2. The van der Waals surface area contributed by atoms with Crippen LogP contribution in [0.1, 0.15) is 0 Å². The highest BCUT2D eigenvalue weighted by molar-refractivity contribution is 7.25. The molecule has 0 unspecified atom stereocenters. The van der Waals surface area contributed by atoms with Gasteiger partial charge < -0.3 is 13.7 Å². The largest absolute Gasteiger partial charge is 0.455 e. The van der Waals surface area contributed by atoms with Gasteiger partial charge in [-0.1, -0.05) is 84.9 Å². The highest BCUT2D eigenvalue weighted by Crippen LogP contribution is 2.43. The summed E-state index contributed by atoms with van der Waals surface area (Å²) in [6.07, 6.45) is 7.38. The van der Waals surface area contributed by atoms with E-state index in [1.54, 1.807) is 6.20 Å². The summed E-state index contributed by atoms with van der Waals surface area (Å²) < 4.78 is 15.2. The quantitative estimate of drug-likeness (QED) is 0.180. The monoisotopic (exact) mass is 685 g/mol. The van der Waals surface area contributed by atoms with E-state index in [-0.39, 0.29) is 0 Å². The Morgan fingerprint density at radius 3 is 1.92 bits per heavy atom. The van der Waals surface area contributed by atoms with E-state index in [0.717, 1.165) is 83.2 Å². The summed E-state index contributed by atoms with van der Waals surface area (Å²) in [4.78, 5) is 11.2. The molecule has 0 aliphatic rings. The van der Waals surface area contributed by atoms with E-state index in [1.165, 1.54) is 20.2 Å². The first kappa shape index (κ1) is 29.0. The molecule has 0 aliphatic carbocycles. The van der Waals surface area contributed by atoms with Crippen molar-refractivity contribution in [3.05, 3.63) is 164 Å². The molecule has 11 rings (SSSR count). The van der Waals surface area contributed by atoms with Crippen LogP contribution in [0.15, 0.2) is 173 Å². The Morgan fingerprint density at radius 1 is 0.423 bits per heavy atom. The third kappa shape index (κ3) is 4.48. The smallest absolute Gasteiger partial charge is 0.153 e. The van der Waals surface area contributed by atoms with Gasteiger partial charge in [-0.25, -0.2) is 0 Å². The fraction of sp³-hybridized carbons (Fsp3) is 0. The van der Waals surface area contributed by atoms with Gasteiger partial charge in [0.1, 0.15) is 16.7 Å².